The van der Waals surface area contributed by atoms with Gasteiger partial charge in [0, 0.05) is 13.6 Å². The van der Waals surface area contributed by atoms with Crippen molar-refractivity contribution in [2.45, 2.75) is 52.6 Å². The lowest BCUT2D eigenvalue weighted by Crippen LogP contribution is -2.48. The molecule has 0 unspecified atom stereocenters. The minimum atomic E-state index is -0.612. The summed E-state index contributed by atoms with van der Waals surface area (Å²) in [6, 6.07) is 13.2. The van der Waals surface area contributed by atoms with Crippen molar-refractivity contribution < 1.29 is 14.3 Å². The lowest BCUT2D eigenvalue weighted by atomic mass is 9.87. The van der Waals surface area contributed by atoms with Gasteiger partial charge in [-0.25, -0.2) is 0 Å². The predicted octanol–water partition coefficient (Wildman–Crippen LogP) is 4.60. The molecule has 1 N–H and O–H groups in total. The first-order chi connectivity index (χ1) is 14.0. The second kappa shape index (κ2) is 10.1. The topological polar surface area (TPSA) is 58.6 Å². The van der Waals surface area contributed by atoms with Gasteiger partial charge >= 0.3 is 0 Å². The number of amides is 2. The number of carbonyl (C=O) groups is 2. The number of hydrogen-bond donors (Lipinski definition) is 1. The Morgan fingerprint density at radius 2 is 1.77 bits per heavy atom. The Balaban J connectivity index is 2.15. The average Bonchev–Trinajstić information content (AvgIpc) is 2.70. The van der Waals surface area contributed by atoms with Crippen LogP contribution < -0.4 is 10.1 Å². The highest BCUT2D eigenvalue weighted by atomic mass is 79.9. The monoisotopic (exact) mass is 474 g/mol. The van der Waals surface area contributed by atoms with Crippen molar-refractivity contribution in [3.8, 4) is 5.75 Å². The van der Waals surface area contributed by atoms with Crippen LogP contribution >= 0.6 is 15.9 Å². The van der Waals surface area contributed by atoms with Crippen LogP contribution in [0.3, 0.4) is 0 Å². The third kappa shape index (κ3) is 6.33. The number of ether oxygens (including phenoxy) is 1. The molecule has 2 aromatic carbocycles. The smallest absolute Gasteiger partial charge is 0.261 e. The third-order valence-corrected chi connectivity index (χ3v) is 5.66. The number of carbonyl (C=O) groups excluding carboxylic acids is 2. The summed E-state index contributed by atoms with van der Waals surface area (Å²) in [6.45, 7) is 10.3. The number of halogens is 1. The van der Waals surface area contributed by atoms with E-state index in [4.69, 9.17) is 4.74 Å². The van der Waals surface area contributed by atoms with Gasteiger partial charge in [0.25, 0.3) is 5.91 Å². The van der Waals surface area contributed by atoms with E-state index in [2.05, 4.69) is 42.0 Å². The SMILES string of the molecule is CNC(=O)[C@@H](C)N(Cc1ccc(C)cc1)C(=O)COc1ccc(C(C)(C)C)cc1Br. The van der Waals surface area contributed by atoms with Crippen molar-refractivity contribution in [2.75, 3.05) is 13.7 Å². The first kappa shape index (κ1) is 23.9. The summed E-state index contributed by atoms with van der Waals surface area (Å²) in [4.78, 5) is 26.7. The van der Waals surface area contributed by atoms with E-state index in [9.17, 15) is 9.59 Å². The van der Waals surface area contributed by atoms with Crippen molar-refractivity contribution in [1.29, 1.82) is 0 Å². The maximum atomic E-state index is 13.0. The summed E-state index contributed by atoms with van der Waals surface area (Å²) in [6.07, 6.45) is 0. The molecule has 2 aromatic rings. The fraction of sp³-hybridized carbons (Fsp3) is 0.417. The largest absolute Gasteiger partial charge is 0.483 e. The van der Waals surface area contributed by atoms with E-state index in [1.165, 1.54) is 5.56 Å². The molecule has 0 fully saturated rings. The van der Waals surface area contributed by atoms with Crippen LogP contribution in [-0.4, -0.2) is 36.4 Å². The Morgan fingerprint density at radius 1 is 1.13 bits per heavy atom. The molecule has 1 atom stereocenters. The Bertz CT molecular complexity index is 888. The highest BCUT2D eigenvalue weighted by molar-refractivity contribution is 9.10. The Labute approximate surface area is 187 Å². The average molecular weight is 475 g/mol. The van der Waals surface area contributed by atoms with Crippen LogP contribution in [0.25, 0.3) is 0 Å². The molecule has 0 radical (unpaired) electrons. The van der Waals surface area contributed by atoms with Crippen molar-refractivity contribution >= 4 is 27.7 Å². The van der Waals surface area contributed by atoms with Gasteiger partial charge in [0.05, 0.1) is 4.47 Å². The van der Waals surface area contributed by atoms with Gasteiger partial charge in [-0.1, -0.05) is 56.7 Å². The first-order valence-corrected chi connectivity index (χ1v) is 10.8. The summed E-state index contributed by atoms with van der Waals surface area (Å²) >= 11 is 3.54. The molecule has 0 saturated carbocycles. The third-order valence-electron chi connectivity index (χ3n) is 5.04. The first-order valence-electron chi connectivity index (χ1n) is 10.0. The molecule has 0 saturated heterocycles. The van der Waals surface area contributed by atoms with Gasteiger partial charge in [0.15, 0.2) is 6.61 Å². The maximum Gasteiger partial charge on any atom is 0.261 e. The summed E-state index contributed by atoms with van der Waals surface area (Å²) in [7, 11) is 1.57. The Kier molecular flexibility index (Phi) is 8.07. The van der Waals surface area contributed by atoms with E-state index in [-0.39, 0.29) is 23.8 Å². The lowest BCUT2D eigenvalue weighted by Gasteiger charge is -2.28. The highest BCUT2D eigenvalue weighted by Gasteiger charge is 2.26. The van der Waals surface area contributed by atoms with Crippen LogP contribution in [0.15, 0.2) is 46.9 Å². The minimum absolute atomic E-state index is 0.0185. The molecule has 0 heterocycles. The molecule has 5 nitrogen and oxygen atoms in total. The molecule has 0 spiro atoms. The van der Waals surface area contributed by atoms with Crippen LogP contribution in [0, 0.1) is 6.92 Å². The number of hydrogen-bond acceptors (Lipinski definition) is 3. The standard InChI is InChI=1S/C24H31BrN2O3/c1-16-7-9-18(10-8-16)14-27(17(2)23(29)26-6)22(28)15-30-21-12-11-19(13-20(21)25)24(3,4)5/h7-13,17H,14-15H2,1-6H3,(H,26,29)/t17-/m1/s1. The number of aryl methyl sites for hydroxylation is 1. The van der Waals surface area contributed by atoms with Crippen LogP contribution in [-0.2, 0) is 21.5 Å². The van der Waals surface area contributed by atoms with Gasteiger partial charge in [-0.05, 0) is 58.5 Å². The van der Waals surface area contributed by atoms with Crippen LogP contribution in [0.5, 0.6) is 5.75 Å². The molecule has 2 amide bonds. The van der Waals surface area contributed by atoms with Gasteiger partial charge < -0.3 is 15.0 Å². The molecule has 0 aromatic heterocycles. The Morgan fingerprint density at radius 3 is 2.30 bits per heavy atom. The van der Waals surface area contributed by atoms with Gasteiger partial charge in [-0.15, -0.1) is 0 Å². The molecule has 162 valence electrons. The van der Waals surface area contributed by atoms with E-state index in [1.807, 2.05) is 49.4 Å². The summed E-state index contributed by atoms with van der Waals surface area (Å²) in [5.74, 6) is 0.129. The fourth-order valence-electron chi connectivity index (χ4n) is 2.99. The zero-order valence-corrected chi connectivity index (χ0v) is 20.2. The molecule has 0 aliphatic rings. The van der Waals surface area contributed by atoms with Crippen LogP contribution in [0.2, 0.25) is 0 Å². The van der Waals surface area contributed by atoms with Crippen molar-refractivity contribution in [1.82, 2.24) is 10.2 Å². The second-order valence-corrected chi connectivity index (χ2v) is 9.34. The maximum absolute atomic E-state index is 13.0. The van der Waals surface area contributed by atoms with E-state index < -0.39 is 6.04 Å². The van der Waals surface area contributed by atoms with Gasteiger partial charge in [-0.3, -0.25) is 9.59 Å². The molecule has 0 aliphatic heterocycles. The fourth-order valence-corrected chi connectivity index (χ4v) is 3.48. The normalized spacial score (nSPS) is 12.2. The van der Waals surface area contributed by atoms with E-state index in [0.29, 0.717) is 12.3 Å². The number of rotatable bonds is 7. The van der Waals surface area contributed by atoms with Gasteiger partial charge in [-0.2, -0.15) is 0 Å². The molecule has 2 rings (SSSR count). The molecular weight excluding hydrogens is 444 g/mol. The number of nitrogens with zero attached hydrogens (tertiary/aromatic N) is 1. The quantitative estimate of drug-likeness (QED) is 0.637. The number of nitrogens with one attached hydrogen (secondary N) is 1. The van der Waals surface area contributed by atoms with E-state index in [1.54, 1.807) is 18.9 Å². The highest BCUT2D eigenvalue weighted by Crippen LogP contribution is 2.31. The number of benzene rings is 2. The van der Waals surface area contributed by atoms with E-state index in [0.717, 1.165) is 15.6 Å². The zero-order chi connectivity index (χ0) is 22.5. The van der Waals surface area contributed by atoms with Crippen LogP contribution in [0.1, 0.15) is 44.4 Å². The molecule has 0 bridgehead atoms. The predicted molar refractivity (Wildman–Crippen MR) is 124 cm³/mol. The molecular formula is C24H31BrN2O3. The zero-order valence-electron chi connectivity index (χ0n) is 18.6. The minimum Gasteiger partial charge on any atom is -0.483 e. The number of likely N-dealkylation sites (N-methyl/N-ethyl adjacent to an activating group) is 1. The van der Waals surface area contributed by atoms with E-state index >= 15 is 0 Å². The molecule has 0 aliphatic carbocycles. The molecule has 30 heavy (non-hydrogen) atoms. The van der Waals surface area contributed by atoms with Crippen molar-refractivity contribution in [3.63, 3.8) is 0 Å². The van der Waals surface area contributed by atoms with Gasteiger partial charge in [0.2, 0.25) is 5.91 Å². The van der Waals surface area contributed by atoms with Crippen molar-refractivity contribution in [3.05, 3.63) is 63.6 Å². The van der Waals surface area contributed by atoms with Gasteiger partial charge in [0.1, 0.15) is 11.8 Å². The molecule has 6 heteroatoms. The van der Waals surface area contributed by atoms with Crippen LogP contribution in [0.4, 0.5) is 0 Å². The second-order valence-electron chi connectivity index (χ2n) is 8.48. The summed E-state index contributed by atoms with van der Waals surface area (Å²) in [5, 5.41) is 2.62. The van der Waals surface area contributed by atoms with Crippen molar-refractivity contribution in [2.24, 2.45) is 0 Å². The lowest BCUT2D eigenvalue weighted by molar-refractivity contribution is -0.142. The summed E-state index contributed by atoms with van der Waals surface area (Å²) < 4.78 is 6.60. The summed E-state index contributed by atoms with van der Waals surface area (Å²) in [5.41, 5.74) is 3.29. The Hall–Kier alpha value is -2.34.